The number of hydrogen-bond acceptors (Lipinski definition) is 5. The molecule has 0 aromatic carbocycles. The maximum Gasteiger partial charge on any atom is 0.310 e. The molecule has 2 aliphatic heterocycles. The second kappa shape index (κ2) is 7.97. The molecule has 1 N–H and O–H groups in total. The number of guanidine groups is 1. The molecular weight excluding hydrogens is 294 g/mol. The molecule has 0 aliphatic carbocycles. The van der Waals surface area contributed by atoms with Crippen molar-refractivity contribution in [1.29, 1.82) is 0 Å². The number of piperazine rings is 1. The Morgan fingerprint density at radius 2 is 2.00 bits per heavy atom. The fourth-order valence-electron chi connectivity index (χ4n) is 3.46. The third-order valence-corrected chi connectivity index (χ3v) is 5.10. The SMILES string of the molecule is CN=C(NCC1CN(C)CCN1C)N1CC(C)C(C(=O)OC)C1. The van der Waals surface area contributed by atoms with E-state index in [1.165, 1.54) is 7.11 Å². The average Bonchev–Trinajstić information content (AvgIpc) is 2.92. The van der Waals surface area contributed by atoms with Crippen LogP contribution in [0.25, 0.3) is 0 Å². The van der Waals surface area contributed by atoms with Crippen molar-refractivity contribution in [3.8, 4) is 0 Å². The van der Waals surface area contributed by atoms with E-state index in [0.29, 0.717) is 12.6 Å². The van der Waals surface area contributed by atoms with Crippen molar-refractivity contribution in [3.63, 3.8) is 0 Å². The predicted molar refractivity (Wildman–Crippen MR) is 91.5 cm³/mol. The van der Waals surface area contributed by atoms with E-state index in [-0.39, 0.29) is 17.8 Å². The summed E-state index contributed by atoms with van der Waals surface area (Å²) in [6.07, 6.45) is 0. The van der Waals surface area contributed by atoms with Crippen molar-refractivity contribution in [3.05, 3.63) is 0 Å². The van der Waals surface area contributed by atoms with Crippen LogP contribution in [-0.2, 0) is 9.53 Å². The van der Waals surface area contributed by atoms with Crippen LogP contribution in [0.4, 0.5) is 0 Å². The summed E-state index contributed by atoms with van der Waals surface area (Å²) in [4.78, 5) is 23.2. The summed E-state index contributed by atoms with van der Waals surface area (Å²) < 4.78 is 4.91. The molecule has 2 aliphatic rings. The number of nitrogens with zero attached hydrogens (tertiary/aromatic N) is 4. The molecular formula is C16H31N5O2. The van der Waals surface area contributed by atoms with Gasteiger partial charge < -0.3 is 19.9 Å². The molecule has 0 aromatic rings. The largest absolute Gasteiger partial charge is 0.469 e. The first-order valence-electron chi connectivity index (χ1n) is 8.38. The normalized spacial score (nSPS) is 30.6. The number of aliphatic imine (C=N–C) groups is 1. The van der Waals surface area contributed by atoms with E-state index in [0.717, 1.165) is 38.7 Å². The Morgan fingerprint density at radius 3 is 2.65 bits per heavy atom. The molecule has 2 fully saturated rings. The molecule has 132 valence electrons. The fourth-order valence-corrected chi connectivity index (χ4v) is 3.46. The number of carbonyl (C=O) groups is 1. The van der Waals surface area contributed by atoms with Gasteiger partial charge >= 0.3 is 5.97 Å². The minimum atomic E-state index is -0.121. The van der Waals surface area contributed by atoms with Gasteiger partial charge in [0.05, 0.1) is 13.0 Å². The first kappa shape index (κ1) is 18.0. The summed E-state index contributed by atoms with van der Waals surface area (Å²) in [5.74, 6) is 0.973. The molecule has 0 aromatic heterocycles. The number of likely N-dealkylation sites (tertiary alicyclic amines) is 1. The van der Waals surface area contributed by atoms with Gasteiger partial charge in [-0.2, -0.15) is 0 Å². The molecule has 2 rings (SSSR count). The molecule has 0 spiro atoms. The van der Waals surface area contributed by atoms with Crippen molar-refractivity contribution in [2.75, 3.05) is 67.5 Å². The maximum atomic E-state index is 11.8. The monoisotopic (exact) mass is 325 g/mol. The van der Waals surface area contributed by atoms with E-state index in [4.69, 9.17) is 4.74 Å². The van der Waals surface area contributed by atoms with Crippen LogP contribution in [0.15, 0.2) is 4.99 Å². The van der Waals surface area contributed by atoms with Gasteiger partial charge in [0.15, 0.2) is 5.96 Å². The number of ether oxygens (including phenoxy) is 1. The Bertz CT molecular complexity index is 442. The van der Waals surface area contributed by atoms with Crippen LogP contribution in [0.5, 0.6) is 0 Å². The van der Waals surface area contributed by atoms with E-state index < -0.39 is 0 Å². The number of nitrogens with one attached hydrogen (secondary N) is 1. The molecule has 0 amide bonds. The topological polar surface area (TPSA) is 60.4 Å². The van der Waals surface area contributed by atoms with Gasteiger partial charge in [0, 0.05) is 52.4 Å². The van der Waals surface area contributed by atoms with Crippen LogP contribution in [-0.4, -0.2) is 100 Å². The first-order chi connectivity index (χ1) is 11.0. The van der Waals surface area contributed by atoms with Crippen LogP contribution in [0.1, 0.15) is 6.92 Å². The summed E-state index contributed by atoms with van der Waals surface area (Å²) >= 11 is 0. The summed E-state index contributed by atoms with van der Waals surface area (Å²) in [5.41, 5.74) is 0. The van der Waals surface area contributed by atoms with Crippen molar-refractivity contribution < 1.29 is 9.53 Å². The van der Waals surface area contributed by atoms with Crippen LogP contribution in [0.3, 0.4) is 0 Å². The lowest BCUT2D eigenvalue weighted by molar-refractivity contribution is -0.145. The van der Waals surface area contributed by atoms with Crippen molar-refractivity contribution in [1.82, 2.24) is 20.0 Å². The highest BCUT2D eigenvalue weighted by atomic mass is 16.5. The lowest BCUT2D eigenvalue weighted by Gasteiger charge is -2.38. The van der Waals surface area contributed by atoms with Crippen LogP contribution < -0.4 is 5.32 Å². The molecule has 0 bridgehead atoms. The van der Waals surface area contributed by atoms with E-state index >= 15 is 0 Å². The second-order valence-electron chi connectivity index (χ2n) is 6.84. The highest BCUT2D eigenvalue weighted by Gasteiger charge is 2.37. The molecule has 23 heavy (non-hydrogen) atoms. The lowest BCUT2D eigenvalue weighted by atomic mass is 9.99. The molecule has 2 heterocycles. The van der Waals surface area contributed by atoms with E-state index in [2.05, 4.69) is 46.0 Å². The standard InChI is InChI=1S/C16H31N5O2/c1-12-9-21(11-14(12)15(22)23-5)16(17-2)18-8-13-10-19(3)6-7-20(13)4/h12-14H,6-11H2,1-5H3,(H,17,18). The zero-order chi connectivity index (χ0) is 17.0. The zero-order valence-corrected chi connectivity index (χ0v) is 15.1. The zero-order valence-electron chi connectivity index (χ0n) is 15.1. The third-order valence-electron chi connectivity index (χ3n) is 5.10. The molecule has 7 heteroatoms. The van der Waals surface area contributed by atoms with E-state index in [1.807, 2.05) is 0 Å². The van der Waals surface area contributed by atoms with Gasteiger partial charge in [-0.25, -0.2) is 0 Å². The van der Waals surface area contributed by atoms with Gasteiger partial charge in [-0.15, -0.1) is 0 Å². The summed E-state index contributed by atoms with van der Waals surface area (Å²) in [5, 5.41) is 3.49. The molecule has 3 atom stereocenters. The van der Waals surface area contributed by atoms with Gasteiger partial charge in [0.25, 0.3) is 0 Å². The molecule has 0 saturated carbocycles. The molecule has 2 saturated heterocycles. The number of esters is 1. The fraction of sp³-hybridized carbons (Fsp3) is 0.875. The predicted octanol–water partition coefficient (Wildman–Crippen LogP) is -0.451. The van der Waals surface area contributed by atoms with Crippen LogP contribution in [0, 0.1) is 11.8 Å². The quantitative estimate of drug-likeness (QED) is 0.431. The number of methoxy groups -OCH3 is 1. The lowest BCUT2D eigenvalue weighted by Crippen LogP contribution is -2.55. The summed E-state index contributed by atoms with van der Waals surface area (Å²) in [7, 11) is 7.60. The Labute approximate surface area is 139 Å². The van der Waals surface area contributed by atoms with E-state index in [1.54, 1.807) is 7.05 Å². The number of hydrogen-bond donors (Lipinski definition) is 1. The Hall–Kier alpha value is -1.34. The van der Waals surface area contributed by atoms with Crippen LogP contribution in [0.2, 0.25) is 0 Å². The van der Waals surface area contributed by atoms with Gasteiger partial charge in [-0.1, -0.05) is 6.92 Å². The van der Waals surface area contributed by atoms with Gasteiger partial charge in [-0.05, 0) is 20.0 Å². The van der Waals surface area contributed by atoms with Crippen molar-refractivity contribution >= 4 is 11.9 Å². The molecule has 0 radical (unpaired) electrons. The minimum absolute atomic E-state index is 0.0676. The van der Waals surface area contributed by atoms with Gasteiger partial charge in [-0.3, -0.25) is 14.7 Å². The van der Waals surface area contributed by atoms with Crippen LogP contribution >= 0.6 is 0 Å². The summed E-state index contributed by atoms with van der Waals surface area (Å²) in [6, 6.07) is 0.474. The summed E-state index contributed by atoms with van der Waals surface area (Å²) in [6.45, 7) is 7.73. The van der Waals surface area contributed by atoms with Gasteiger partial charge in [0.1, 0.15) is 0 Å². The maximum absolute atomic E-state index is 11.8. The molecule has 7 nitrogen and oxygen atoms in total. The highest BCUT2D eigenvalue weighted by molar-refractivity contribution is 5.82. The first-order valence-corrected chi connectivity index (χ1v) is 8.38. The minimum Gasteiger partial charge on any atom is -0.469 e. The van der Waals surface area contributed by atoms with E-state index in [9.17, 15) is 4.79 Å². The Kier molecular flexibility index (Phi) is 6.24. The van der Waals surface area contributed by atoms with Crippen molar-refractivity contribution in [2.45, 2.75) is 13.0 Å². The van der Waals surface area contributed by atoms with Crippen molar-refractivity contribution in [2.24, 2.45) is 16.8 Å². The second-order valence-corrected chi connectivity index (χ2v) is 6.84. The number of likely N-dealkylation sites (N-methyl/N-ethyl adjacent to an activating group) is 2. The number of rotatable bonds is 3. The van der Waals surface area contributed by atoms with Gasteiger partial charge in [0.2, 0.25) is 0 Å². The third kappa shape index (κ3) is 4.35. The Morgan fingerprint density at radius 1 is 1.26 bits per heavy atom. The highest BCUT2D eigenvalue weighted by Crippen LogP contribution is 2.24. The Balaban J connectivity index is 1.90. The smallest absolute Gasteiger partial charge is 0.310 e. The number of carbonyl (C=O) groups excluding carboxylic acids is 1. The average molecular weight is 325 g/mol. The molecule has 3 unspecified atom stereocenters.